The molecule has 1 aliphatic rings. The molecule has 7 nitrogen and oxygen atoms in total. The minimum atomic E-state index is -4.06. The van der Waals surface area contributed by atoms with Gasteiger partial charge in [0.2, 0.25) is 21.8 Å². The van der Waals surface area contributed by atoms with Gasteiger partial charge < -0.3 is 10.2 Å². The molecule has 0 bridgehead atoms. The SMILES string of the molecule is CC[C@H](C(=O)NC1CCCCC1)N(Cc1ccccc1Cl)C(=O)CN(c1ccc(F)c(F)c1)S(C)(=O)=O. The van der Waals surface area contributed by atoms with Crippen LogP contribution in [0.5, 0.6) is 0 Å². The van der Waals surface area contributed by atoms with E-state index in [-0.39, 0.29) is 30.6 Å². The molecule has 2 amide bonds. The summed E-state index contributed by atoms with van der Waals surface area (Å²) in [6.07, 6.45) is 6.01. The highest BCUT2D eigenvalue weighted by Crippen LogP contribution is 2.24. The van der Waals surface area contributed by atoms with Gasteiger partial charge in [0, 0.05) is 23.7 Å². The molecule has 1 fully saturated rings. The van der Waals surface area contributed by atoms with E-state index in [0.717, 1.165) is 56.6 Å². The summed E-state index contributed by atoms with van der Waals surface area (Å²) < 4.78 is 53.2. The van der Waals surface area contributed by atoms with Gasteiger partial charge in [0.25, 0.3) is 0 Å². The summed E-state index contributed by atoms with van der Waals surface area (Å²) in [5.41, 5.74) is 0.382. The maximum atomic E-state index is 13.9. The summed E-state index contributed by atoms with van der Waals surface area (Å²) in [5.74, 6) is -3.40. The molecule has 0 aromatic heterocycles. The van der Waals surface area contributed by atoms with Crippen LogP contribution >= 0.6 is 11.6 Å². The van der Waals surface area contributed by atoms with E-state index in [9.17, 15) is 26.8 Å². The standard InChI is InChI=1S/C26H32ClF2N3O4S/c1-3-24(26(34)30-19-10-5-4-6-11-19)31(16-18-9-7-8-12-21(18)27)25(33)17-32(37(2,35)36)20-13-14-22(28)23(29)15-20/h7-9,12-15,19,24H,3-6,10-11,16-17H2,1-2H3,(H,30,34)/t24-/m1/s1. The van der Waals surface area contributed by atoms with Gasteiger partial charge in [0.15, 0.2) is 11.6 Å². The number of amides is 2. The number of sulfonamides is 1. The molecule has 202 valence electrons. The molecule has 1 saturated carbocycles. The third kappa shape index (κ3) is 7.64. The number of benzene rings is 2. The molecule has 0 saturated heterocycles. The average Bonchev–Trinajstić information content (AvgIpc) is 2.85. The van der Waals surface area contributed by atoms with Crippen molar-refractivity contribution in [3.63, 3.8) is 0 Å². The molecule has 1 N–H and O–H groups in total. The van der Waals surface area contributed by atoms with E-state index >= 15 is 0 Å². The normalized spacial score (nSPS) is 15.2. The zero-order chi connectivity index (χ0) is 27.2. The Bertz CT molecular complexity index is 1220. The smallest absolute Gasteiger partial charge is 0.244 e. The Kier molecular flexibility index (Phi) is 9.89. The number of rotatable bonds is 10. The zero-order valence-electron chi connectivity index (χ0n) is 20.9. The highest BCUT2D eigenvalue weighted by molar-refractivity contribution is 7.92. The summed E-state index contributed by atoms with van der Waals surface area (Å²) >= 11 is 6.34. The molecule has 1 aliphatic carbocycles. The fourth-order valence-electron chi connectivity index (χ4n) is 4.53. The zero-order valence-corrected chi connectivity index (χ0v) is 22.5. The molecular weight excluding hydrogens is 524 g/mol. The summed E-state index contributed by atoms with van der Waals surface area (Å²) in [5, 5.41) is 3.44. The van der Waals surface area contributed by atoms with Crippen LogP contribution < -0.4 is 9.62 Å². The quantitative estimate of drug-likeness (QED) is 0.463. The van der Waals surface area contributed by atoms with Crippen LogP contribution in [0, 0.1) is 11.6 Å². The predicted octanol–water partition coefficient (Wildman–Crippen LogP) is 4.64. The first-order chi connectivity index (χ1) is 17.5. The van der Waals surface area contributed by atoms with Crippen molar-refractivity contribution in [2.45, 2.75) is 64.1 Å². The first kappa shape index (κ1) is 28.8. The van der Waals surface area contributed by atoms with E-state index in [1.165, 1.54) is 4.90 Å². The van der Waals surface area contributed by atoms with Gasteiger partial charge in [0.1, 0.15) is 12.6 Å². The molecule has 37 heavy (non-hydrogen) atoms. The summed E-state index contributed by atoms with van der Waals surface area (Å²) in [6, 6.07) is 8.58. The fourth-order valence-corrected chi connectivity index (χ4v) is 5.56. The van der Waals surface area contributed by atoms with Crippen LogP contribution in [0.4, 0.5) is 14.5 Å². The molecule has 0 unspecified atom stereocenters. The fraction of sp³-hybridized carbons (Fsp3) is 0.462. The van der Waals surface area contributed by atoms with Crippen LogP contribution in [0.25, 0.3) is 0 Å². The second-order valence-electron chi connectivity index (χ2n) is 9.25. The Balaban J connectivity index is 1.93. The van der Waals surface area contributed by atoms with E-state index in [2.05, 4.69) is 5.32 Å². The second-order valence-corrected chi connectivity index (χ2v) is 11.6. The molecule has 0 radical (unpaired) electrons. The van der Waals surface area contributed by atoms with Gasteiger partial charge in [-0.2, -0.15) is 0 Å². The Labute approximate surface area is 221 Å². The van der Waals surface area contributed by atoms with Gasteiger partial charge in [-0.05, 0) is 43.0 Å². The van der Waals surface area contributed by atoms with Gasteiger partial charge in [0.05, 0.1) is 11.9 Å². The van der Waals surface area contributed by atoms with E-state index in [1.807, 2.05) is 0 Å². The van der Waals surface area contributed by atoms with Gasteiger partial charge in [-0.25, -0.2) is 17.2 Å². The highest BCUT2D eigenvalue weighted by Gasteiger charge is 2.33. The molecule has 0 aliphatic heterocycles. The van der Waals surface area contributed by atoms with Crippen LogP contribution in [0.1, 0.15) is 51.0 Å². The number of halogens is 3. The van der Waals surface area contributed by atoms with Gasteiger partial charge in [-0.1, -0.05) is 56.0 Å². The Morgan fingerprint density at radius 1 is 1.08 bits per heavy atom. The van der Waals surface area contributed by atoms with Crippen LogP contribution in [-0.2, 0) is 26.2 Å². The molecule has 2 aromatic carbocycles. The Morgan fingerprint density at radius 2 is 1.76 bits per heavy atom. The minimum Gasteiger partial charge on any atom is -0.352 e. The van der Waals surface area contributed by atoms with Crippen molar-refractivity contribution in [3.8, 4) is 0 Å². The molecule has 0 heterocycles. The molecule has 2 aromatic rings. The lowest BCUT2D eigenvalue weighted by Gasteiger charge is -2.34. The van der Waals surface area contributed by atoms with Gasteiger partial charge in [-0.15, -0.1) is 0 Å². The van der Waals surface area contributed by atoms with Crippen LogP contribution in [0.2, 0.25) is 5.02 Å². The predicted molar refractivity (Wildman–Crippen MR) is 140 cm³/mol. The van der Waals surface area contributed by atoms with Crippen molar-refractivity contribution < 1.29 is 26.8 Å². The largest absolute Gasteiger partial charge is 0.352 e. The molecule has 3 rings (SSSR count). The van der Waals surface area contributed by atoms with Crippen molar-refractivity contribution in [1.29, 1.82) is 0 Å². The topological polar surface area (TPSA) is 86.8 Å². The first-order valence-corrected chi connectivity index (χ1v) is 14.5. The summed E-state index contributed by atoms with van der Waals surface area (Å²) in [4.78, 5) is 28.3. The number of nitrogens with one attached hydrogen (secondary N) is 1. The number of carbonyl (C=O) groups is 2. The molecule has 1 atom stereocenters. The lowest BCUT2D eigenvalue weighted by atomic mass is 9.95. The maximum absolute atomic E-state index is 13.9. The number of nitrogens with zero attached hydrogens (tertiary/aromatic N) is 2. The third-order valence-electron chi connectivity index (χ3n) is 6.51. The third-order valence-corrected chi connectivity index (χ3v) is 8.02. The van der Waals surface area contributed by atoms with Gasteiger partial charge >= 0.3 is 0 Å². The van der Waals surface area contributed by atoms with Gasteiger partial charge in [-0.3, -0.25) is 13.9 Å². The van der Waals surface area contributed by atoms with Crippen LogP contribution in [-0.4, -0.2) is 50.0 Å². The number of hydrogen-bond acceptors (Lipinski definition) is 4. The van der Waals surface area contributed by atoms with Crippen LogP contribution in [0.3, 0.4) is 0 Å². The van der Waals surface area contributed by atoms with Crippen molar-refractivity contribution in [2.24, 2.45) is 0 Å². The van der Waals surface area contributed by atoms with Crippen molar-refractivity contribution >= 4 is 39.1 Å². The summed E-state index contributed by atoms with van der Waals surface area (Å²) in [6.45, 7) is 1.02. The Hall–Kier alpha value is -2.72. The van der Waals surface area contributed by atoms with E-state index in [1.54, 1.807) is 31.2 Å². The lowest BCUT2D eigenvalue weighted by Crippen LogP contribution is -2.54. The lowest BCUT2D eigenvalue weighted by molar-refractivity contribution is -0.140. The average molecular weight is 556 g/mol. The number of anilines is 1. The van der Waals surface area contributed by atoms with E-state index in [0.29, 0.717) is 14.9 Å². The van der Waals surface area contributed by atoms with Crippen LogP contribution in [0.15, 0.2) is 42.5 Å². The molecule has 11 heteroatoms. The second kappa shape index (κ2) is 12.7. The van der Waals surface area contributed by atoms with Crippen molar-refractivity contribution in [2.75, 3.05) is 17.1 Å². The number of carbonyl (C=O) groups excluding carboxylic acids is 2. The highest BCUT2D eigenvalue weighted by atomic mass is 35.5. The molecular formula is C26H32ClF2N3O4S. The van der Waals surface area contributed by atoms with E-state index < -0.39 is 40.2 Å². The Morgan fingerprint density at radius 3 is 2.35 bits per heavy atom. The monoisotopic (exact) mass is 555 g/mol. The maximum Gasteiger partial charge on any atom is 0.244 e. The minimum absolute atomic E-state index is 0.0160. The van der Waals surface area contributed by atoms with E-state index in [4.69, 9.17) is 11.6 Å². The number of hydrogen-bond donors (Lipinski definition) is 1. The van der Waals surface area contributed by atoms with Crippen molar-refractivity contribution in [1.82, 2.24) is 10.2 Å². The first-order valence-electron chi connectivity index (χ1n) is 12.3. The summed E-state index contributed by atoms with van der Waals surface area (Å²) in [7, 11) is -4.06. The van der Waals surface area contributed by atoms with Crippen molar-refractivity contribution in [3.05, 3.63) is 64.7 Å². The molecule has 0 spiro atoms.